The lowest BCUT2D eigenvalue weighted by Gasteiger charge is -2.31. The van der Waals surface area contributed by atoms with Gasteiger partial charge in [-0.1, -0.05) is 26.8 Å². The van der Waals surface area contributed by atoms with E-state index in [1.54, 1.807) is 0 Å². The molecule has 2 aromatic rings. The second kappa shape index (κ2) is 4.66. The summed E-state index contributed by atoms with van der Waals surface area (Å²) in [6.07, 6.45) is 5.55. The standard InChI is InChI=1S/C15H18N2/c1-12(13-7-10-16-11-8-13)15(2,3)14-6-4-5-9-17-14/h4-12H,1-3H3. The van der Waals surface area contributed by atoms with Crippen LogP contribution in [-0.4, -0.2) is 9.97 Å². The number of nitrogens with zero attached hydrogens (tertiary/aromatic N) is 2. The second-order valence-corrected chi connectivity index (χ2v) is 4.94. The highest BCUT2D eigenvalue weighted by Gasteiger charge is 2.30. The maximum atomic E-state index is 4.48. The minimum Gasteiger partial charge on any atom is -0.265 e. The van der Waals surface area contributed by atoms with Gasteiger partial charge in [0.05, 0.1) is 0 Å². The van der Waals surface area contributed by atoms with Crippen LogP contribution in [0.25, 0.3) is 0 Å². The van der Waals surface area contributed by atoms with E-state index in [2.05, 4.69) is 48.9 Å². The summed E-state index contributed by atoms with van der Waals surface area (Å²) in [5.41, 5.74) is 2.45. The highest BCUT2D eigenvalue weighted by atomic mass is 14.7. The Morgan fingerprint density at radius 1 is 1.00 bits per heavy atom. The van der Waals surface area contributed by atoms with Crippen molar-refractivity contribution in [2.24, 2.45) is 0 Å². The van der Waals surface area contributed by atoms with Crippen molar-refractivity contribution in [1.82, 2.24) is 9.97 Å². The number of pyridine rings is 2. The number of hydrogen-bond donors (Lipinski definition) is 0. The first kappa shape index (κ1) is 11.8. The average molecular weight is 226 g/mol. The Labute approximate surface area is 103 Å². The molecule has 88 valence electrons. The molecule has 0 amide bonds. The minimum atomic E-state index is 0.0165. The molecule has 0 N–H and O–H groups in total. The molecule has 0 aliphatic heterocycles. The molecule has 0 bridgehead atoms. The summed E-state index contributed by atoms with van der Waals surface area (Å²) in [6, 6.07) is 10.3. The minimum absolute atomic E-state index is 0.0165. The van der Waals surface area contributed by atoms with E-state index in [9.17, 15) is 0 Å². The Morgan fingerprint density at radius 2 is 1.71 bits per heavy atom. The van der Waals surface area contributed by atoms with Gasteiger partial charge in [-0.3, -0.25) is 9.97 Å². The van der Waals surface area contributed by atoms with E-state index in [1.165, 1.54) is 5.56 Å². The van der Waals surface area contributed by atoms with Crippen LogP contribution in [0.2, 0.25) is 0 Å². The predicted molar refractivity (Wildman–Crippen MR) is 69.9 cm³/mol. The monoisotopic (exact) mass is 226 g/mol. The second-order valence-electron chi connectivity index (χ2n) is 4.94. The van der Waals surface area contributed by atoms with Gasteiger partial charge >= 0.3 is 0 Å². The highest BCUT2D eigenvalue weighted by Crippen LogP contribution is 2.36. The van der Waals surface area contributed by atoms with Gasteiger partial charge in [-0.2, -0.15) is 0 Å². The first-order valence-corrected chi connectivity index (χ1v) is 5.94. The van der Waals surface area contributed by atoms with Crippen LogP contribution in [0.5, 0.6) is 0 Å². The molecule has 0 aliphatic carbocycles. The van der Waals surface area contributed by atoms with E-state index in [0.29, 0.717) is 5.92 Å². The number of aromatic nitrogens is 2. The average Bonchev–Trinajstić information content (AvgIpc) is 2.40. The van der Waals surface area contributed by atoms with Gasteiger partial charge in [0.1, 0.15) is 0 Å². The fourth-order valence-electron chi connectivity index (χ4n) is 2.03. The lowest BCUT2D eigenvalue weighted by atomic mass is 9.74. The normalized spacial score (nSPS) is 13.4. The summed E-state index contributed by atoms with van der Waals surface area (Å²) in [4.78, 5) is 8.55. The van der Waals surface area contributed by atoms with Crippen molar-refractivity contribution in [3.8, 4) is 0 Å². The molecule has 0 saturated heterocycles. The maximum Gasteiger partial charge on any atom is 0.0465 e. The van der Waals surface area contributed by atoms with Crippen molar-refractivity contribution in [1.29, 1.82) is 0 Å². The molecule has 1 unspecified atom stereocenters. The number of rotatable bonds is 3. The Hall–Kier alpha value is -1.70. The molecule has 17 heavy (non-hydrogen) atoms. The summed E-state index contributed by atoms with van der Waals surface area (Å²) in [7, 11) is 0. The summed E-state index contributed by atoms with van der Waals surface area (Å²) < 4.78 is 0. The van der Waals surface area contributed by atoms with E-state index in [-0.39, 0.29) is 5.41 Å². The molecule has 0 spiro atoms. The third-order valence-corrected chi connectivity index (χ3v) is 3.61. The molecule has 0 radical (unpaired) electrons. The van der Waals surface area contributed by atoms with Crippen LogP contribution >= 0.6 is 0 Å². The van der Waals surface area contributed by atoms with Gasteiger partial charge < -0.3 is 0 Å². The van der Waals surface area contributed by atoms with E-state index < -0.39 is 0 Å². The molecule has 1 atom stereocenters. The van der Waals surface area contributed by atoms with Crippen molar-refractivity contribution in [3.63, 3.8) is 0 Å². The van der Waals surface area contributed by atoms with Gasteiger partial charge in [0.2, 0.25) is 0 Å². The third-order valence-electron chi connectivity index (χ3n) is 3.61. The maximum absolute atomic E-state index is 4.48. The molecular formula is C15H18N2. The Kier molecular flexibility index (Phi) is 3.23. The van der Waals surface area contributed by atoms with Crippen LogP contribution in [0, 0.1) is 0 Å². The van der Waals surface area contributed by atoms with Gasteiger partial charge in [-0.25, -0.2) is 0 Å². The van der Waals surface area contributed by atoms with Gasteiger partial charge in [0.25, 0.3) is 0 Å². The largest absolute Gasteiger partial charge is 0.265 e. The van der Waals surface area contributed by atoms with Crippen LogP contribution in [-0.2, 0) is 5.41 Å². The molecule has 2 rings (SSSR count). The van der Waals surface area contributed by atoms with Gasteiger partial charge in [0.15, 0.2) is 0 Å². The van der Waals surface area contributed by atoms with Crippen LogP contribution in [0.3, 0.4) is 0 Å². The fraction of sp³-hybridized carbons (Fsp3) is 0.333. The lowest BCUT2D eigenvalue weighted by molar-refractivity contribution is 0.424. The molecular weight excluding hydrogens is 208 g/mol. The van der Waals surface area contributed by atoms with Gasteiger partial charge in [0, 0.05) is 29.7 Å². The van der Waals surface area contributed by atoms with E-state index >= 15 is 0 Å². The first-order valence-electron chi connectivity index (χ1n) is 5.94. The molecule has 0 aromatic carbocycles. The third kappa shape index (κ3) is 2.36. The molecule has 0 saturated carbocycles. The van der Waals surface area contributed by atoms with Crippen LogP contribution < -0.4 is 0 Å². The van der Waals surface area contributed by atoms with Crippen LogP contribution in [0.1, 0.15) is 37.9 Å². The zero-order chi connectivity index (χ0) is 12.3. The zero-order valence-electron chi connectivity index (χ0n) is 10.6. The molecule has 2 aromatic heterocycles. The smallest absolute Gasteiger partial charge is 0.0465 e. The lowest BCUT2D eigenvalue weighted by Crippen LogP contribution is -2.26. The topological polar surface area (TPSA) is 25.8 Å². The van der Waals surface area contributed by atoms with E-state index in [0.717, 1.165) is 5.69 Å². The summed E-state index contributed by atoms with van der Waals surface area (Å²) in [5.74, 6) is 0.403. The van der Waals surface area contributed by atoms with Crippen molar-refractivity contribution in [2.75, 3.05) is 0 Å². The van der Waals surface area contributed by atoms with Crippen molar-refractivity contribution in [2.45, 2.75) is 32.1 Å². The van der Waals surface area contributed by atoms with Crippen LogP contribution in [0.15, 0.2) is 48.9 Å². The SMILES string of the molecule is CC(c1ccncc1)C(C)(C)c1ccccn1. The predicted octanol–water partition coefficient (Wildman–Crippen LogP) is 3.56. The molecule has 0 fully saturated rings. The van der Waals surface area contributed by atoms with Crippen molar-refractivity contribution in [3.05, 3.63) is 60.2 Å². The van der Waals surface area contributed by atoms with Gasteiger partial charge in [-0.05, 0) is 35.7 Å². The van der Waals surface area contributed by atoms with E-state index in [1.807, 2.05) is 30.7 Å². The van der Waals surface area contributed by atoms with Crippen molar-refractivity contribution < 1.29 is 0 Å². The molecule has 2 nitrogen and oxygen atoms in total. The quantitative estimate of drug-likeness (QED) is 0.799. The fourth-order valence-corrected chi connectivity index (χ4v) is 2.03. The Morgan fingerprint density at radius 3 is 2.29 bits per heavy atom. The first-order chi connectivity index (χ1) is 8.12. The van der Waals surface area contributed by atoms with Crippen molar-refractivity contribution >= 4 is 0 Å². The zero-order valence-corrected chi connectivity index (χ0v) is 10.6. The molecule has 2 heteroatoms. The molecule has 0 aliphatic rings. The number of hydrogen-bond acceptors (Lipinski definition) is 2. The van der Waals surface area contributed by atoms with Gasteiger partial charge in [-0.15, -0.1) is 0 Å². The molecule has 2 heterocycles. The highest BCUT2D eigenvalue weighted by molar-refractivity contribution is 5.26. The summed E-state index contributed by atoms with van der Waals surface area (Å²) in [5, 5.41) is 0. The Bertz CT molecular complexity index is 463. The van der Waals surface area contributed by atoms with E-state index in [4.69, 9.17) is 0 Å². The van der Waals surface area contributed by atoms with Crippen LogP contribution in [0.4, 0.5) is 0 Å². The Balaban J connectivity index is 2.33. The summed E-state index contributed by atoms with van der Waals surface area (Å²) in [6.45, 7) is 6.71. The summed E-state index contributed by atoms with van der Waals surface area (Å²) >= 11 is 0.